The second kappa shape index (κ2) is 9.53. The smallest absolute Gasteiger partial charge is 0.245 e. The molecule has 4 aromatic rings. The maximum absolute atomic E-state index is 13.6. The van der Waals surface area contributed by atoms with Crippen LogP contribution in [0.5, 0.6) is 0 Å². The van der Waals surface area contributed by atoms with Crippen LogP contribution in [-0.4, -0.2) is 60.0 Å². The van der Waals surface area contributed by atoms with E-state index in [-0.39, 0.29) is 17.8 Å². The summed E-state index contributed by atoms with van der Waals surface area (Å²) in [6.45, 7) is 3.26. The van der Waals surface area contributed by atoms with Crippen molar-refractivity contribution in [3.63, 3.8) is 0 Å². The minimum Gasteiger partial charge on any atom is -0.356 e. The molecule has 0 spiro atoms. The van der Waals surface area contributed by atoms with Crippen molar-refractivity contribution in [2.24, 2.45) is 0 Å². The molecule has 1 atom stereocenters. The SMILES string of the molecule is O=S(=O)(c1cncc2ccccc12)N1CCC[C@H]1CCN1CCC(c2noc3cc(F)ccc23)CC1. The maximum atomic E-state index is 13.6. The highest BCUT2D eigenvalue weighted by molar-refractivity contribution is 7.89. The van der Waals surface area contributed by atoms with E-state index in [9.17, 15) is 12.8 Å². The predicted molar refractivity (Wildman–Crippen MR) is 136 cm³/mol. The quantitative estimate of drug-likeness (QED) is 0.367. The lowest BCUT2D eigenvalue weighted by molar-refractivity contribution is 0.193. The number of piperidine rings is 1. The number of halogens is 1. The lowest BCUT2D eigenvalue weighted by atomic mass is 9.91. The number of rotatable bonds is 6. The average Bonchev–Trinajstić information content (AvgIpc) is 3.55. The summed E-state index contributed by atoms with van der Waals surface area (Å²) in [6, 6.07) is 12.1. The first-order valence-electron chi connectivity index (χ1n) is 12.6. The zero-order valence-electron chi connectivity index (χ0n) is 20.0. The van der Waals surface area contributed by atoms with Crippen LogP contribution < -0.4 is 0 Å². The summed E-state index contributed by atoms with van der Waals surface area (Å²) >= 11 is 0. The van der Waals surface area contributed by atoms with E-state index in [0.717, 1.165) is 73.6 Å². The highest BCUT2D eigenvalue weighted by atomic mass is 32.2. The van der Waals surface area contributed by atoms with Gasteiger partial charge in [0, 0.05) is 53.1 Å². The average molecular weight is 509 g/mol. The number of nitrogens with zero attached hydrogens (tertiary/aromatic N) is 4. The van der Waals surface area contributed by atoms with Crippen molar-refractivity contribution in [3.05, 3.63) is 66.4 Å². The summed E-state index contributed by atoms with van der Waals surface area (Å²) in [7, 11) is -3.62. The molecule has 0 unspecified atom stereocenters. The maximum Gasteiger partial charge on any atom is 0.245 e. The fraction of sp³-hybridized carbons (Fsp3) is 0.407. The molecule has 0 radical (unpaired) electrons. The standard InChI is InChI=1S/C27H29FN4O3S/c28-21-7-8-24-25(16-21)35-30-27(24)19-9-13-31(14-10-19)15-11-22-5-3-12-32(22)36(33,34)26-18-29-17-20-4-1-2-6-23(20)26/h1-2,4,6-8,16-19,22H,3,5,9-15H2/t22-/m0/s1. The lowest BCUT2D eigenvalue weighted by Crippen LogP contribution is -2.40. The molecule has 36 heavy (non-hydrogen) atoms. The Bertz CT molecular complexity index is 1490. The van der Waals surface area contributed by atoms with E-state index in [1.807, 2.05) is 24.3 Å². The molecule has 6 rings (SSSR count). The second-order valence-corrected chi connectivity index (χ2v) is 11.7. The van der Waals surface area contributed by atoms with Crippen molar-refractivity contribution in [2.45, 2.75) is 49.0 Å². The third-order valence-electron chi connectivity index (χ3n) is 7.76. The van der Waals surface area contributed by atoms with Crippen LogP contribution in [0.3, 0.4) is 0 Å². The number of fused-ring (bicyclic) bond motifs is 2. The van der Waals surface area contributed by atoms with Crippen LogP contribution in [0.4, 0.5) is 4.39 Å². The molecule has 2 aliphatic heterocycles. The van der Waals surface area contributed by atoms with Gasteiger partial charge in [-0.2, -0.15) is 4.31 Å². The van der Waals surface area contributed by atoms with Gasteiger partial charge in [-0.25, -0.2) is 12.8 Å². The van der Waals surface area contributed by atoms with Gasteiger partial charge in [0.15, 0.2) is 5.58 Å². The molecule has 2 fully saturated rings. The normalized spacial score (nSPS) is 20.5. The third-order valence-corrected chi connectivity index (χ3v) is 9.74. The predicted octanol–water partition coefficient (Wildman–Crippen LogP) is 4.94. The number of aromatic nitrogens is 2. The lowest BCUT2D eigenvalue weighted by Gasteiger charge is -2.33. The molecule has 0 N–H and O–H groups in total. The van der Waals surface area contributed by atoms with Gasteiger partial charge in [0.2, 0.25) is 10.0 Å². The molecule has 2 saturated heterocycles. The molecule has 0 bridgehead atoms. The number of benzene rings is 2. The van der Waals surface area contributed by atoms with Crippen LogP contribution >= 0.6 is 0 Å². The van der Waals surface area contributed by atoms with Crippen molar-refractivity contribution in [2.75, 3.05) is 26.2 Å². The highest BCUT2D eigenvalue weighted by Gasteiger charge is 2.36. The van der Waals surface area contributed by atoms with Crippen LogP contribution in [-0.2, 0) is 10.0 Å². The van der Waals surface area contributed by atoms with Crippen molar-refractivity contribution in [1.82, 2.24) is 19.3 Å². The highest BCUT2D eigenvalue weighted by Crippen LogP contribution is 2.34. The minimum absolute atomic E-state index is 0.000993. The van der Waals surface area contributed by atoms with Crippen LogP contribution in [0.2, 0.25) is 0 Å². The molecule has 9 heteroatoms. The van der Waals surface area contributed by atoms with Gasteiger partial charge in [0.1, 0.15) is 10.7 Å². The van der Waals surface area contributed by atoms with E-state index in [0.29, 0.717) is 17.0 Å². The molecule has 188 valence electrons. The summed E-state index contributed by atoms with van der Waals surface area (Å²) in [4.78, 5) is 6.92. The Morgan fingerprint density at radius 3 is 2.69 bits per heavy atom. The summed E-state index contributed by atoms with van der Waals surface area (Å²) in [5, 5.41) is 6.70. The van der Waals surface area contributed by atoms with Crippen molar-refractivity contribution < 1.29 is 17.3 Å². The summed E-state index contributed by atoms with van der Waals surface area (Å²) in [5.41, 5.74) is 1.41. The van der Waals surface area contributed by atoms with Crippen molar-refractivity contribution in [1.29, 1.82) is 0 Å². The summed E-state index contributed by atoms with van der Waals surface area (Å²) in [6.07, 6.45) is 7.67. The fourth-order valence-corrected chi connectivity index (χ4v) is 7.70. The minimum atomic E-state index is -3.62. The zero-order chi connectivity index (χ0) is 24.7. The van der Waals surface area contributed by atoms with Gasteiger partial charge in [-0.15, -0.1) is 0 Å². The van der Waals surface area contributed by atoms with Gasteiger partial charge < -0.3 is 9.42 Å². The van der Waals surface area contributed by atoms with E-state index in [1.165, 1.54) is 18.3 Å². The third kappa shape index (κ3) is 4.29. The van der Waals surface area contributed by atoms with Gasteiger partial charge in [-0.05, 0) is 63.9 Å². The molecular formula is C27H29FN4O3S. The Morgan fingerprint density at radius 2 is 1.83 bits per heavy atom. The van der Waals surface area contributed by atoms with E-state index >= 15 is 0 Å². The Labute approximate surface area is 209 Å². The Balaban J connectivity index is 1.10. The molecule has 2 aliphatic rings. The molecule has 0 saturated carbocycles. The Kier molecular flexibility index (Phi) is 6.23. The topological polar surface area (TPSA) is 79.5 Å². The van der Waals surface area contributed by atoms with Crippen LogP contribution in [0, 0.1) is 5.82 Å². The molecule has 2 aromatic carbocycles. The number of hydrogen-bond donors (Lipinski definition) is 0. The van der Waals surface area contributed by atoms with Crippen molar-refractivity contribution >= 4 is 31.8 Å². The molecule has 0 aliphatic carbocycles. The summed E-state index contributed by atoms with van der Waals surface area (Å²) in [5.74, 6) is -0.0325. The molecule has 4 heterocycles. The Hall–Kier alpha value is -2.88. The largest absolute Gasteiger partial charge is 0.356 e. The van der Waals surface area contributed by atoms with Gasteiger partial charge in [0.25, 0.3) is 0 Å². The zero-order valence-corrected chi connectivity index (χ0v) is 20.8. The van der Waals surface area contributed by atoms with Crippen LogP contribution in [0.25, 0.3) is 21.7 Å². The van der Waals surface area contributed by atoms with Crippen LogP contribution in [0.1, 0.15) is 43.7 Å². The van der Waals surface area contributed by atoms with Crippen LogP contribution in [0.15, 0.2) is 64.3 Å². The Morgan fingerprint density at radius 1 is 1.00 bits per heavy atom. The van der Waals surface area contributed by atoms with Gasteiger partial charge in [0.05, 0.1) is 5.69 Å². The molecule has 7 nitrogen and oxygen atoms in total. The first-order valence-corrected chi connectivity index (χ1v) is 14.1. The first-order chi connectivity index (χ1) is 17.5. The fourth-order valence-electron chi connectivity index (χ4n) is 5.82. The molecular weight excluding hydrogens is 479 g/mol. The second-order valence-electron chi connectivity index (χ2n) is 9.88. The number of pyridine rings is 1. The number of hydrogen-bond acceptors (Lipinski definition) is 6. The molecule has 0 amide bonds. The van der Waals surface area contributed by atoms with E-state index in [2.05, 4.69) is 15.0 Å². The van der Waals surface area contributed by atoms with E-state index in [1.54, 1.807) is 16.6 Å². The van der Waals surface area contributed by atoms with E-state index < -0.39 is 10.0 Å². The first kappa shape index (κ1) is 23.5. The summed E-state index contributed by atoms with van der Waals surface area (Å²) < 4.78 is 47.8. The van der Waals surface area contributed by atoms with E-state index in [4.69, 9.17) is 4.52 Å². The van der Waals surface area contributed by atoms with Gasteiger partial charge in [-0.3, -0.25) is 4.98 Å². The molecule has 2 aromatic heterocycles. The van der Waals surface area contributed by atoms with Gasteiger partial charge >= 0.3 is 0 Å². The van der Waals surface area contributed by atoms with Crippen molar-refractivity contribution in [3.8, 4) is 0 Å². The van der Waals surface area contributed by atoms with Gasteiger partial charge in [-0.1, -0.05) is 29.4 Å². The monoisotopic (exact) mass is 508 g/mol. The number of likely N-dealkylation sites (tertiary alicyclic amines) is 1. The number of sulfonamides is 1.